The second-order valence-corrected chi connectivity index (χ2v) is 12.4. The molecule has 9 heteroatoms. The Hall–Kier alpha value is -5.18. The fourth-order valence-electron chi connectivity index (χ4n) is 5.32. The van der Waals surface area contributed by atoms with Crippen LogP contribution in [-0.4, -0.2) is 35.6 Å². The summed E-state index contributed by atoms with van der Waals surface area (Å²) in [4.78, 5) is 46.7. The molecule has 1 heterocycles. The Bertz CT molecular complexity index is 1760. The van der Waals surface area contributed by atoms with Crippen LogP contribution < -0.4 is 15.5 Å². The van der Waals surface area contributed by atoms with E-state index in [1.165, 1.54) is 6.92 Å². The standard InChI is InChI=1S/C37H36F2N4O3/c1-23(40-32(44)20-25-18-28(38)21-29(39)19-25)35(45)42-34-36(46)43(22-24-14-16-27(17-15-24)37(2,3)4)31-13-9-8-12-30(31)33(41-34)26-10-6-5-7-11-26/h5-19,21,23,34H,20,22H2,1-4H3,(H,40,44)(H,42,45)/t23-,34?/m0/s1. The Kier molecular flexibility index (Phi) is 9.41. The Morgan fingerprint density at radius 1 is 0.870 bits per heavy atom. The molecule has 5 rings (SSSR count). The number of amides is 3. The van der Waals surface area contributed by atoms with Crippen molar-refractivity contribution >= 4 is 29.1 Å². The molecule has 3 amide bonds. The van der Waals surface area contributed by atoms with Crippen molar-refractivity contribution in [3.8, 4) is 0 Å². The number of para-hydroxylation sites is 1. The van der Waals surface area contributed by atoms with E-state index < -0.39 is 41.6 Å². The maximum Gasteiger partial charge on any atom is 0.272 e. The van der Waals surface area contributed by atoms with Crippen molar-refractivity contribution in [1.29, 1.82) is 0 Å². The summed E-state index contributed by atoms with van der Waals surface area (Å²) < 4.78 is 27.2. The van der Waals surface area contributed by atoms with Gasteiger partial charge in [-0.15, -0.1) is 0 Å². The van der Waals surface area contributed by atoms with Gasteiger partial charge in [-0.1, -0.05) is 93.6 Å². The van der Waals surface area contributed by atoms with E-state index in [1.807, 2.05) is 66.7 Å². The summed E-state index contributed by atoms with van der Waals surface area (Å²) >= 11 is 0. The molecule has 0 aliphatic carbocycles. The highest BCUT2D eigenvalue weighted by atomic mass is 19.1. The highest BCUT2D eigenvalue weighted by Crippen LogP contribution is 2.30. The lowest BCUT2D eigenvalue weighted by Gasteiger charge is -2.27. The first-order chi connectivity index (χ1) is 21.9. The molecule has 1 aliphatic rings. The van der Waals surface area contributed by atoms with Gasteiger partial charge in [0.05, 0.1) is 24.4 Å². The van der Waals surface area contributed by atoms with Gasteiger partial charge in [0.25, 0.3) is 5.91 Å². The molecule has 0 radical (unpaired) electrons. The van der Waals surface area contributed by atoms with Gasteiger partial charge in [0.1, 0.15) is 17.7 Å². The minimum Gasteiger partial charge on any atom is -0.344 e. The van der Waals surface area contributed by atoms with Crippen LogP contribution in [0.1, 0.15) is 55.5 Å². The average Bonchev–Trinajstić information content (AvgIpc) is 3.11. The fraction of sp³-hybridized carbons (Fsp3) is 0.243. The molecule has 2 atom stereocenters. The molecule has 0 saturated heterocycles. The number of fused-ring (bicyclic) bond motifs is 1. The van der Waals surface area contributed by atoms with Crippen LogP contribution in [0.4, 0.5) is 14.5 Å². The van der Waals surface area contributed by atoms with Gasteiger partial charge in [-0.3, -0.25) is 14.4 Å². The number of halogens is 2. The Balaban J connectivity index is 1.43. The number of nitrogens with zero attached hydrogens (tertiary/aromatic N) is 2. The number of benzene rings is 4. The number of rotatable bonds is 8. The van der Waals surface area contributed by atoms with Crippen molar-refractivity contribution in [2.24, 2.45) is 4.99 Å². The van der Waals surface area contributed by atoms with Gasteiger partial charge in [0, 0.05) is 17.2 Å². The molecule has 2 N–H and O–H groups in total. The first kappa shape index (κ1) is 32.2. The quantitative estimate of drug-likeness (QED) is 0.259. The van der Waals surface area contributed by atoms with Crippen LogP contribution in [0.25, 0.3) is 0 Å². The van der Waals surface area contributed by atoms with Crippen molar-refractivity contribution < 1.29 is 23.2 Å². The zero-order valence-corrected chi connectivity index (χ0v) is 26.2. The molecule has 236 valence electrons. The van der Waals surface area contributed by atoms with Crippen LogP contribution in [-0.2, 0) is 32.8 Å². The minimum absolute atomic E-state index is 0.0308. The molecule has 0 aromatic heterocycles. The van der Waals surface area contributed by atoms with Gasteiger partial charge in [0.15, 0.2) is 0 Å². The zero-order chi connectivity index (χ0) is 33.0. The van der Waals surface area contributed by atoms with E-state index in [2.05, 4.69) is 43.5 Å². The van der Waals surface area contributed by atoms with E-state index >= 15 is 0 Å². The van der Waals surface area contributed by atoms with Gasteiger partial charge >= 0.3 is 0 Å². The van der Waals surface area contributed by atoms with Crippen LogP contribution in [0.3, 0.4) is 0 Å². The smallest absolute Gasteiger partial charge is 0.272 e. The number of carbonyl (C=O) groups excluding carboxylic acids is 3. The molecule has 1 aliphatic heterocycles. The van der Waals surface area contributed by atoms with Crippen LogP contribution in [0.15, 0.2) is 102 Å². The van der Waals surface area contributed by atoms with Crippen LogP contribution in [0.5, 0.6) is 0 Å². The number of benzodiazepines with no additional fused rings is 1. The first-order valence-corrected chi connectivity index (χ1v) is 15.1. The van der Waals surface area contributed by atoms with Crippen LogP contribution in [0.2, 0.25) is 0 Å². The average molecular weight is 623 g/mol. The molecule has 0 spiro atoms. The predicted molar refractivity (Wildman–Crippen MR) is 174 cm³/mol. The molecule has 1 unspecified atom stereocenters. The third kappa shape index (κ3) is 7.54. The Morgan fingerprint density at radius 2 is 1.50 bits per heavy atom. The Morgan fingerprint density at radius 3 is 2.15 bits per heavy atom. The van der Waals surface area contributed by atoms with Gasteiger partial charge in [-0.2, -0.15) is 0 Å². The molecular formula is C37H36F2N4O3. The van der Waals surface area contributed by atoms with E-state index in [0.29, 0.717) is 17.5 Å². The monoisotopic (exact) mass is 622 g/mol. The number of hydrogen-bond donors (Lipinski definition) is 2. The van der Waals surface area contributed by atoms with E-state index in [1.54, 1.807) is 4.90 Å². The summed E-state index contributed by atoms with van der Waals surface area (Å²) in [6, 6.07) is 26.7. The third-order valence-electron chi connectivity index (χ3n) is 7.75. The van der Waals surface area contributed by atoms with Crippen LogP contribution >= 0.6 is 0 Å². The summed E-state index contributed by atoms with van der Waals surface area (Å²) in [5.74, 6) is -3.30. The van der Waals surface area contributed by atoms with Crippen molar-refractivity contribution in [2.75, 3.05) is 4.90 Å². The molecule has 0 bridgehead atoms. The molecular weight excluding hydrogens is 586 g/mol. The Labute approximate surface area is 267 Å². The maximum absolute atomic E-state index is 14.2. The van der Waals surface area contributed by atoms with E-state index in [4.69, 9.17) is 4.99 Å². The second-order valence-electron chi connectivity index (χ2n) is 12.4. The lowest BCUT2D eigenvalue weighted by atomic mass is 9.86. The van der Waals surface area contributed by atoms with E-state index in [-0.39, 0.29) is 23.9 Å². The van der Waals surface area contributed by atoms with Gasteiger partial charge in [-0.05, 0) is 47.2 Å². The van der Waals surface area contributed by atoms with E-state index in [9.17, 15) is 23.2 Å². The highest BCUT2D eigenvalue weighted by molar-refractivity contribution is 6.20. The SMILES string of the molecule is C[C@H](NC(=O)Cc1cc(F)cc(F)c1)C(=O)NC1N=C(c2ccccc2)c2ccccc2N(Cc2ccc(C(C)(C)C)cc2)C1=O. The summed E-state index contributed by atoms with van der Waals surface area (Å²) in [5.41, 5.74) is 4.84. The second kappa shape index (κ2) is 13.4. The number of nitrogens with one attached hydrogen (secondary N) is 2. The van der Waals surface area contributed by atoms with Crippen molar-refractivity contribution in [1.82, 2.24) is 10.6 Å². The molecule has 0 saturated carbocycles. The summed E-state index contributed by atoms with van der Waals surface area (Å²) in [5, 5.41) is 5.27. The van der Waals surface area contributed by atoms with E-state index in [0.717, 1.165) is 34.4 Å². The molecule has 4 aromatic rings. The summed E-state index contributed by atoms with van der Waals surface area (Å²) in [7, 11) is 0. The van der Waals surface area contributed by atoms with Crippen molar-refractivity contribution in [3.63, 3.8) is 0 Å². The van der Waals surface area contributed by atoms with Crippen molar-refractivity contribution in [3.05, 3.63) is 137 Å². The number of hydrogen-bond acceptors (Lipinski definition) is 4. The van der Waals surface area contributed by atoms with Crippen molar-refractivity contribution in [2.45, 2.75) is 58.3 Å². The third-order valence-corrected chi connectivity index (χ3v) is 7.75. The number of carbonyl (C=O) groups is 3. The zero-order valence-electron chi connectivity index (χ0n) is 26.2. The summed E-state index contributed by atoms with van der Waals surface area (Å²) in [6.07, 6.45) is -1.64. The largest absolute Gasteiger partial charge is 0.344 e. The molecule has 46 heavy (non-hydrogen) atoms. The molecule has 0 fully saturated rings. The highest BCUT2D eigenvalue weighted by Gasteiger charge is 2.34. The topological polar surface area (TPSA) is 90.9 Å². The lowest BCUT2D eigenvalue weighted by molar-refractivity contribution is -0.130. The fourth-order valence-corrected chi connectivity index (χ4v) is 5.32. The summed E-state index contributed by atoms with van der Waals surface area (Å²) in [6.45, 7) is 8.11. The first-order valence-electron chi connectivity index (χ1n) is 15.1. The lowest BCUT2D eigenvalue weighted by Crippen LogP contribution is -2.53. The molecule has 7 nitrogen and oxygen atoms in total. The van der Waals surface area contributed by atoms with Gasteiger partial charge in [-0.25, -0.2) is 13.8 Å². The van der Waals surface area contributed by atoms with Gasteiger partial charge in [0.2, 0.25) is 18.0 Å². The minimum atomic E-state index is -1.30. The normalized spacial score (nSPS) is 15.3. The van der Waals surface area contributed by atoms with Gasteiger partial charge < -0.3 is 15.5 Å². The number of aliphatic imine (C=N–C) groups is 1. The number of anilines is 1. The molecule has 4 aromatic carbocycles. The maximum atomic E-state index is 14.2. The van der Waals surface area contributed by atoms with Crippen LogP contribution in [0, 0.1) is 11.6 Å². The predicted octanol–water partition coefficient (Wildman–Crippen LogP) is 5.84.